The molecule has 1 N–H and O–H groups in total. The summed E-state index contributed by atoms with van der Waals surface area (Å²) >= 11 is 7.42. The molecule has 0 radical (unpaired) electrons. The summed E-state index contributed by atoms with van der Waals surface area (Å²) in [4.78, 5) is 23.4. The van der Waals surface area contributed by atoms with Crippen molar-refractivity contribution in [1.82, 2.24) is 14.9 Å². The van der Waals surface area contributed by atoms with Crippen LogP contribution in [0, 0.1) is 0 Å². The molecule has 1 atom stereocenters. The Morgan fingerprint density at radius 2 is 2.24 bits per heavy atom. The van der Waals surface area contributed by atoms with Crippen LogP contribution in [0.15, 0.2) is 11.4 Å². The maximum Gasteiger partial charge on any atom is 0.244 e. The van der Waals surface area contributed by atoms with Crippen LogP contribution in [0.5, 0.6) is 0 Å². The van der Waals surface area contributed by atoms with Gasteiger partial charge in [0.15, 0.2) is 0 Å². The molecule has 1 aliphatic heterocycles. The third-order valence-electron chi connectivity index (χ3n) is 3.34. The molecule has 1 fully saturated rings. The largest absolute Gasteiger partial charge is 0.378 e. The summed E-state index contributed by atoms with van der Waals surface area (Å²) in [7, 11) is 0. The van der Waals surface area contributed by atoms with E-state index in [1.807, 2.05) is 18.4 Å². The van der Waals surface area contributed by atoms with E-state index in [2.05, 4.69) is 15.3 Å². The Morgan fingerprint density at radius 3 is 3.00 bits per heavy atom. The van der Waals surface area contributed by atoms with E-state index >= 15 is 0 Å². The van der Waals surface area contributed by atoms with E-state index < -0.39 is 0 Å². The maximum atomic E-state index is 12.4. The molecule has 0 saturated carbocycles. The number of rotatable bonds is 3. The van der Waals surface area contributed by atoms with Crippen molar-refractivity contribution in [2.45, 2.75) is 13.0 Å². The summed E-state index contributed by atoms with van der Waals surface area (Å²) in [5.41, 5.74) is 0. The van der Waals surface area contributed by atoms with E-state index in [-0.39, 0.29) is 17.2 Å². The number of thiophene rings is 1. The first-order valence-electron chi connectivity index (χ1n) is 6.69. The Hall–Kier alpha value is -1.44. The fraction of sp³-hybridized carbons (Fsp3) is 0.462. The first-order chi connectivity index (χ1) is 10.1. The Balaban J connectivity index is 1.77. The zero-order valence-electron chi connectivity index (χ0n) is 11.5. The smallest absolute Gasteiger partial charge is 0.244 e. The molecule has 1 amide bonds. The monoisotopic (exact) mass is 326 g/mol. The van der Waals surface area contributed by atoms with Gasteiger partial charge in [-0.2, -0.15) is 0 Å². The first kappa shape index (κ1) is 14.5. The average Bonchev–Trinajstić information content (AvgIpc) is 2.95. The van der Waals surface area contributed by atoms with Gasteiger partial charge >= 0.3 is 0 Å². The number of fused-ring (bicyclic) bond motifs is 1. The standard InChI is InChI=1S/C13H15ClN4O2S/c1-8(12(19)18-3-5-20-6-4-18)15-10-9-2-7-21-11(9)17-13(14)16-10/h2,7-8H,3-6H2,1H3,(H,15,16,17). The second-order valence-electron chi connectivity index (χ2n) is 4.78. The fourth-order valence-corrected chi connectivity index (χ4v) is 3.25. The van der Waals surface area contributed by atoms with Crippen LogP contribution < -0.4 is 5.32 Å². The van der Waals surface area contributed by atoms with Gasteiger partial charge in [0.2, 0.25) is 11.2 Å². The molecular weight excluding hydrogens is 312 g/mol. The second-order valence-corrected chi connectivity index (χ2v) is 6.02. The van der Waals surface area contributed by atoms with Crippen molar-refractivity contribution in [3.8, 4) is 0 Å². The third kappa shape index (κ3) is 3.09. The topological polar surface area (TPSA) is 67.4 Å². The van der Waals surface area contributed by atoms with Gasteiger partial charge in [0.1, 0.15) is 16.7 Å². The summed E-state index contributed by atoms with van der Waals surface area (Å²) in [6.45, 7) is 4.26. The summed E-state index contributed by atoms with van der Waals surface area (Å²) in [5, 5.41) is 6.13. The summed E-state index contributed by atoms with van der Waals surface area (Å²) in [6, 6.07) is 1.54. The molecule has 1 unspecified atom stereocenters. The Morgan fingerprint density at radius 1 is 1.48 bits per heavy atom. The van der Waals surface area contributed by atoms with Crippen LogP contribution in [-0.2, 0) is 9.53 Å². The normalized spacial score (nSPS) is 17.0. The molecule has 0 spiro atoms. The van der Waals surface area contributed by atoms with Gasteiger partial charge in [-0.3, -0.25) is 4.79 Å². The van der Waals surface area contributed by atoms with Crippen LogP contribution in [-0.4, -0.2) is 53.1 Å². The zero-order chi connectivity index (χ0) is 14.8. The predicted octanol–water partition coefficient (Wildman–Crippen LogP) is 2.00. The van der Waals surface area contributed by atoms with Crippen molar-refractivity contribution in [3.63, 3.8) is 0 Å². The number of aromatic nitrogens is 2. The highest BCUT2D eigenvalue weighted by Crippen LogP contribution is 2.26. The van der Waals surface area contributed by atoms with Gasteiger partial charge in [0.25, 0.3) is 0 Å². The number of halogens is 1. The van der Waals surface area contributed by atoms with Crippen molar-refractivity contribution in [1.29, 1.82) is 0 Å². The van der Waals surface area contributed by atoms with Crippen LogP contribution in [0.3, 0.4) is 0 Å². The van der Waals surface area contributed by atoms with Crippen molar-refractivity contribution in [3.05, 3.63) is 16.7 Å². The summed E-state index contributed by atoms with van der Waals surface area (Å²) in [6.07, 6.45) is 0. The highest BCUT2D eigenvalue weighted by atomic mass is 35.5. The third-order valence-corrected chi connectivity index (χ3v) is 4.32. The Kier molecular flexibility index (Phi) is 4.23. The van der Waals surface area contributed by atoms with Gasteiger partial charge in [0, 0.05) is 13.1 Å². The van der Waals surface area contributed by atoms with Gasteiger partial charge in [-0.05, 0) is 30.0 Å². The molecule has 112 valence electrons. The number of nitrogens with one attached hydrogen (secondary N) is 1. The van der Waals surface area contributed by atoms with Gasteiger partial charge < -0.3 is 15.0 Å². The highest BCUT2D eigenvalue weighted by molar-refractivity contribution is 7.16. The molecule has 2 aromatic rings. The number of carbonyl (C=O) groups is 1. The molecule has 3 heterocycles. The molecule has 6 nitrogen and oxygen atoms in total. The van der Waals surface area contributed by atoms with Crippen molar-refractivity contribution < 1.29 is 9.53 Å². The summed E-state index contributed by atoms with van der Waals surface area (Å²) < 4.78 is 5.26. The van der Waals surface area contributed by atoms with E-state index in [0.29, 0.717) is 32.1 Å². The Labute approximate surface area is 131 Å². The molecule has 1 saturated heterocycles. The Bertz CT molecular complexity index is 657. The second kappa shape index (κ2) is 6.13. The first-order valence-corrected chi connectivity index (χ1v) is 7.95. The lowest BCUT2D eigenvalue weighted by Crippen LogP contribution is -2.47. The molecule has 0 bridgehead atoms. The number of hydrogen-bond donors (Lipinski definition) is 1. The molecule has 21 heavy (non-hydrogen) atoms. The van der Waals surface area contributed by atoms with Gasteiger partial charge in [-0.1, -0.05) is 0 Å². The molecule has 3 rings (SSSR count). The van der Waals surface area contributed by atoms with Crippen LogP contribution >= 0.6 is 22.9 Å². The number of amides is 1. The molecular formula is C13H15ClN4O2S. The number of nitrogens with zero attached hydrogens (tertiary/aromatic N) is 3. The lowest BCUT2D eigenvalue weighted by atomic mass is 10.2. The van der Waals surface area contributed by atoms with E-state index in [0.717, 1.165) is 10.2 Å². The molecule has 8 heteroatoms. The number of anilines is 1. The number of hydrogen-bond acceptors (Lipinski definition) is 6. The lowest BCUT2D eigenvalue weighted by Gasteiger charge is -2.29. The molecule has 2 aromatic heterocycles. The van der Waals surface area contributed by atoms with Crippen molar-refractivity contribution >= 4 is 44.9 Å². The van der Waals surface area contributed by atoms with E-state index in [9.17, 15) is 4.79 Å². The molecule has 1 aliphatic rings. The van der Waals surface area contributed by atoms with E-state index in [1.54, 1.807) is 4.90 Å². The van der Waals surface area contributed by atoms with Crippen LogP contribution in [0.1, 0.15) is 6.92 Å². The minimum atomic E-state index is -0.378. The minimum Gasteiger partial charge on any atom is -0.378 e. The van der Waals surface area contributed by atoms with Crippen molar-refractivity contribution in [2.24, 2.45) is 0 Å². The van der Waals surface area contributed by atoms with Gasteiger partial charge in [-0.15, -0.1) is 11.3 Å². The SMILES string of the molecule is CC(Nc1nc(Cl)nc2sccc12)C(=O)N1CCOCC1. The van der Waals surface area contributed by atoms with Gasteiger partial charge in [0.05, 0.1) is 18.6 Å². The number of ether oxygens (including phenoxy) is 1. The van der Waals surface area contributed by atoms with E-state index in [4.69, 9.17) is 16.3 Å². The van der Waals surface area contributed by atoms with Crippen LogP contribution in [0.4, 0.5) is 5.82 Å². The maximum absolute atomic E-state index is 12.4. The van der Waals surface area contributed by atoms with E-state index in [1.165, 1.54) is 11.3 Å². The van der Waals surface area contributed by atoms with Crippen LogP contribution in [0.25, 0.3) is 10.2 Å². The van der Waals surface area contributed by atoms with Crippen molar-refractivity contribution in [2.75, 3.05) is 31.6 Å². The number of carbonyl (C=O) groups excluding carboxylic acids is 1. The minimum absolute atomic E-state index is 0.0383. The predicted molar refractivity (Wildman–Crippen MR) is 82.9 cm³/mol. The number of morpholine rings is 1. The highest BCUT2D eigenvalue weighted by Gasteiger charge is 2.23. The zero-order valence-corrected chi connectivity index (χ0v) is 13.1. The molecule has 0 aromatic carbocycles. The quantitative estimate of drug-likeness (QED) is 0.874. The average molecular weight is 327 g/mol. The van der Waals surface area contributed by atoms with Gasteiger partial charge in [-0.25, -0.2) is 9.97 Å². The lowest BCUT2D eigenvalue weighted by molar-refractivity contribution is -0.135. The molecule has 0 aliphatic carbocycles. The van der Waals surface area contributed by atoms with Crippen LogP contribution in [0.2, 0.25) is 5.28 Å². The fourth-order valence-electron chi connectivity index (χ4n) is 2.26. The summed E-state index contributed by atoms with van der Waals surface area (Å²) in [5.74, 6) is 0.636.